The zero-order valence-electron chi connectivity index (χ0n) is 18.5. The van der Waals surface area contributed by atoms with E-state index in [1.807, 2.05) is 30.3 Å². The van der Waals surface area contributed by atoms with Gasteiger partial charge in [0.1, 0.15) is 12.4 Å². The smallest absolute Gasteiger partial charge is 0.256 e. The van der Waals surface area contributed by atoms with E-state index in [9.17, 15) is 20.2 Å². The van der Waals surface area contributed by atoms with Gasteiger partial charge in [0.05, 0.1) is 17.6 Å². The molecule has 0 unspecified atom stereocenters. The number of nitriles is 1. The topological polar surface area (TPSA) is 108 Å². The Balaban J connectivity index is 1.55. The molecular formula is C26H22N4O4. The van der Waals surface area contributed by atoms with E-state index in [0.29, 0.717) is 34.7 Å². The maximum atomic E-state index is 13.3. The monoisotopic (exact) mass is 454 g/mol. The SMILES string of the molecule is CN1C[C@H](c2ccccc2OCc2ccccc2C#N)[C@@H]([N+](=O)[O-])[C@]12C(=O)Nc1ccccc12. The minimum atomic E-state index is -1.41. The van der Waals surface area contributed by atoms with E-state index in [-0.39, 0.29) is 17.4 Å². The van der Waals surface area contributed by atoms with Crippen LogP contribution in [0.1, 0.15) is 28.2 Å². The normalized spacial score (nSPS) is 23.4. The van der Waals surface area contributed by atoms with E-state index in [1.54, 1.807) is 54.4 Å². The van der Waals surface area contributed by atoms with Gasteiger partial charge in [0.25, 0.3) is 11.9 Å². The number of nitrogens with zero attached hydrogens (tertiary/aromatic N) is 3. The van der Waals surface area contributed by atoms with Crippen LogP contribution in [0.25, 0.3) is 0 Å². The summed E-state index contributed by atoms with van der Waals surface area (Å²) < 4.78 is 6.10. The first-order valence-corrected chi connectivity index (χ1v) is 10.9. The van der Waals surface area contributed by atoms with Crippen molar-refractivity contribution in [2.24, 2.45) is 0 Å². The number of anilines is 1. The number of carbonyl (C=O) groups excluding carboxylic acids is 1. The molecule has 170 valence electrons. The zero-order chi connectivity index (χ0) is 23.9. The first-order valence-electron chi connectivity index (χ1n) is 10.9. The summed E-state index contributed by atoms with van der Waals surface area (Å²) >= 11 is 0. The standard InChI is InChI=1S/C26H22N4O4/c1-29-15-20(24(30(32)33)26(29)21-11-5-6-12-22(21)28-25(26)31)19-10-4-7-13-23(19)34-16-18-9-3-2-8-17(18)14-27/h2-13,20,24H,15-16H2,1H3,(H,28,31)/t20-,24-,26-/m1/s1. The molecule has 0 aliphatic carbocycles. The van der Waals surface area contributed by atoms with Gasteiger partial charge in [0.2, 0.25) is 0 Å². The Bertz CT molecular complexity index is 1330. The molecule has 2 aliphatic rings. The van der Waals surface area contributed by atoms with E-state index in [4.69, 9.17) is 4.74 Å². The number of para-hydroxylation sites is 2. The fraction of sp³-hybridized carbons (Fsp3) is 0.231. The predicted octanol–water partition coefficient (Wildman–Crippen LogP) is 3.66. The molecule has 1 amide bonds. The van der Waals surface area contributed by atoms with Crippen molar-refractivity contribution in [2.75, 3.05) is 18.9 Å². The number of nitro groups is 1. The average Bonchev–Trinajstić information content (AvgIpc) is 3.32. The lowest BCUT2D eigenvalue weighted by Crippen LogP contribution is -2.54. The van der Waals surface area contributed by atoms with Crippen molar-refractivity contribution in [3.05, 3.63) is 105 Å². The minimum absolute atomic E-state index is 0.154. The molecule has 3 aromatic carbocycles. The van der Waals surface area contributed by atoms with Crippen molar-refractivity contribution < 1.29 is 14.5 Å². The van der Waals surface area contributed by atoms with Gasteiger partial charge in [-0.15, -0.1) is 0 Å². The van der Waals surface area contributed by atoms with Crippen LogP contribution in [-0.2, 0) is 16.9 Å². The largest absolute Gasteiger partial charge is 0.489 e. The molecule has 8 nitrogen and oxygen atoms in total. The molecule has 8 heteroatoms. The van der Waals surface area contributed by atoms with E-state index < -0.39 is 17.5 Å². The van der Waals surface area contributed by atoms with Gasteiger partial charge in [0, 0.05) is 33.8 Å². The number of rotatable bonds is 5. The summed E-state index contributed by atoms with van der Waals surface area (Å²) in [6.45, 7) is 0.462. The molecule has 2 heterocycles. The van der Waals surface area contributed by atoms with Crippen LogP contribution in [0.15, 0.2) is 72.8 Å². The molecule has 34 heavy (non-hydrogen) atoms. The first kappa shape index (κ1) is 21.6. The summed E-state index contributed by atoms with van der Waals surface area (Å²) in [7, 11) is 1.75. The van der Waals surface area contributed by atoms with Crippen LogP contribution in [0.5, 0.6) is 5.75 Å². The lowest BCUT2D eigenvalue weighted by molar-refractivity contribution is -0.534. The van der Waals surface area contributed by atoms with Crippen LogP contribution in [0.4, 0.5) is 5.69 Å². The molecule has 0 aromatic heterocycles. The Morgan fingerprint density at radius 3 is 2.65 bits per heavy atom. The first-order chi connectivity index (χ1) is 16.5. The fourth-order valence-corrected chi connectivity index (χ4v) is 5.39. The highest BCUT2D eigenvalue weighted by Gasteiger charge is 2.68. The van der Waals surface area contributed by atoms with Crippen LogP contribution in [0.2, 0.25) is 0 Å². The number of likely N-dealkylation sites (tertiary alicyclic amines) is 1. The van der Waals surface area contributed by atoms with Crippen molar-refractivity contribution >= 4 is 11.6 Å². The lowest BCUT2D eigenvalue weighted by Gasteiger charge is -2.30. The Morgan fingerprint density at radius 1 is 1.15 bits per heavy atom. The number of carbonyl (C=O) groups is 1. The molecule has 1 fully saturated rings. The summed E-state index contributed by atoms with van der Waals surface area (Å²) in [4.78, 5) is 27.3. The number of hydrogen-bond donors (Lipinski definition) is 1. The summed E-state index contributed by atoms with van der Waals surface area (Å²) in [6, 6.07) is 22.5. The molecule has 5 rings (SSSR count). The van der Waals surface area contributed by atoms with Gasteiger partial charge in [-0.2, -0.15) is 5.26 Å². The van der Waals surface area contributed by atoms with Gasteiger partial charge in [-0.3, -0.25) is 19.8 Å². The molecule has 2 aliphatic heterocycles. The van der Waals surface area contributed by atoms with Gasteiger partial charge in [-0.05, 0) is 25.2 Å². The van der Waals surface area contributed by atoms with Crippen LogP contribution in [0, 0.1) is 21.4 Å². The van der Waals surface area contributed by atoms with Gasteiger partial charge < -0.3 is 10.1 Å². The summed E-state index contributed by atoms with van der Waals surface area (Å²) in [6.07, 6.45) is 0. The number of likely N-dealkylation sites (N-methyl/N-ethyl adjacent to an activating group) is 1. The number of benzene rings is 3. The predicted molar refractivity (Wildman–Crippen MR) is 125 cm³/mol. The van der Waals surface area contributed by atoms with E-state index in [0.717, 1.165) is 5.56 Å². The third-order valence-corrected chi connectivity index (χ3v) is 6.88. The van der Waals surface area contributed by atoms with Crippen LogP contribution < -0.4 is 10.1 Å². The second-order valence-electron chi connectivity index (χ2n) is 8.58. The maximum Gasteiger partial charge on any atom is 0.256 e. The number of fused-ring (bicyclic) bond motifs is 2. The van der Waals surface area contributed by atoms with Gasteiger partial charge in [0.15, 0.2) is 5.54 Å². The highest BCUT2D eigenvalue weighted by molar-refractivity contribution is 6.06. The van der Waals surface area contributed by atoms with Crippen LogP contribution >= 0.6 is 0 Å². The third kappa shape index (κ3) is 3.13. The van der Waals surface area contributed by atoms with E-state index in [2.05, 4.69) is 11.4 Å². The molecule has 1 spiro atoms. The molecule has 3 aromatic rings. The molecule has 1 N–H and O–H groups in total. The van der Waals surface area contributed by atoms with Crippen LogP contribution in [0.3, 0.4) is 0 Å². The molecule has 0 saturated carbocycles. The zero-order valence-corrected chi connectivity index (χ0v) is 18.5. The number of ether oxygens (including phenoxy) is 1. The number of nitrogens with one attached hydrogen (secondary N) is 1. The fourth-order valence-electron chi connectivity index (χ4n) is 5.39. The van der Waals surface area contributed by atoms with Crippen molar-refractivity contribution in [1.82, 2.24) is 4.90 Å². The Kier molecular flexibility index (Phi) is 5.27. The van der Waals surface area contributed by atoms with Crippen molar-refractivity contribution in [1.29, 1.82) is 5.26 Å². The second kappa shape index (κ2) is 8.28. The Morgan fingerprint density at radius 2 is 1.85 bits per heavy atom. The summed E-state index contributed by atoms with van der Waals surface area (Å²) in [5.74, 6) is -0.467. The van der Waals surface area contributed by atoms with Crippen molar-refractivity contribution in [3.63, 3.8) is 0 Å². The molecule has 3 atom stereocenters. The summed E-state index contributed by atoms with van der Waals surface area (Å²) in [5.41, 5.74) is 1.72. The quantitative estimate of drug-likeness (QED) is 0.466. The average molecular weight is 454 g/mol. The second-order valence-corrected chi connectivity index (χ2v) is 8.58. The Labute approximate surface area is 196 Å². The van der Waals surface area contributed by atoms with Crippen LogP contribution in [-0.4, -0.2) is 35.4 Å². The lowest BCUT2D eigenvalue weighted by atomic mass is 9.79. The summed E-state index contributed by atoms with van der Waals surface area (Å²) in [5, 5.41) is 24.8. The van der Waals surface area contributed by atoms with Gasteiger partial charge in [-0.25, -0.2) is 0 Å². The number of hydrogen-bond acceptors (Lipinski definition) is 6. The maximum absolute atomic E-state index is 13.3. The molecule has 0 bridgehead atoms. The highest BCUT2D eigenvalue weighted by Crippen LogP contribution is 2.52. The molecule has 0 radical (unpaired) electrons. The number of amides is 1. The Hall–Kier alpha value is -4.22. The van der Waals surface area contributed by atoms with E-state index in [1.165, 1.54) is 0 Å². The van der Waals surface area contributed by atoms with E-state index >= 15 is 0 Å². The highest BCUT2D eigenvalue weighted by atomic mass is 16.6. The molecule has 1 saturated heterocycles. The van der Waals surface area contributed by atoms with Crippen molar-refractivity contribution in [3.8, 4) is 11.8 Å². The minimum Gasteiger partial charge on any atom is -0.489 e. The van der Waals surface area contributed by atoms with Crippen molar-refractivity contribution in [2.45, 2.75) is 24.1 Å². The third-order valence-electron chi connectivity index (χ3n) is 6.88. The molecular weight excluding hydrogens is 432 g/mol. The van der Waals surface area contributed by atoms with Gasteiger partial charge in [-0.1, -0.05) is 54.6 Å². The van der Waals surface area contributed by atoms with Gasteiger partial charge >= 0.3 is 0 Å².